The van der Waals surface area contributed by atoms with Crippen molar-refractivity contribution in [1.82, 2.24) is 9.78 Å². The van der Waals surface area contributed by atoms with Gasteiger partial charge in [-0.1, -0.05) is 34.1 Å². The van der Waals surface area contributed by atoms with Gasteiger partial charge in [0, 0.05) is 23.0 Å². The molecule has 0 bridgehead atoms. The van der Waals surface area contributed by atoms with Crippen molar-refractivity contribution in [2.45, 2.75) is 39.3 Å². The van der Waals surface area contributed by atoms with E-state index >= 15 is 0 Å². The van der Waals surface area contributed by atoms with E-state index in [4.69, 9.17) is 5.73 Å². The number of aryl methyl sites for hydroxylation is 2. The van der Waals surface area contributed by atoms with Gasteiger partial charge in [-0.15, -0.1) is 0 Å². The predicted octanol–water partition coefficient (Wildman–Crippen LogP) is 4.15. The van der Waals surface area contributed by atoms with Crippen molar-refractivity contribution >= 4 is 31.9 Å². The summed E-state index contributed by atoms with van der Waals surface area (Å²) in [7, 11) is 0. The van der Waals surface area contributed by atoms with E-state index in [1.165, 1.54) is 0 Å². The molecule has 0 saturated carbocycles. The lowest BCUT2D eigenvalue weighted by Gasteiger charge is -2.27. The monoisotopic (exact) mass is 399 g/mol. The Bertz CT molecular complexity index is 618. The van der Waals surface area contributed by atoms with Crippen LogP contribution < -0.4 is 5.73 Å². The Balaban J connectivity index is 2.41. The SMILES string of the molecule is CCn1nc(C)c(Br)c1CC(C)(N)c1ccccc1Br. The van der Waals surface area contributed by atoms with Crippen LogP contribution in [0.15, 0.2) is 33.2 Å². The van der Waals surface area contributed by atoms with Gasteiger partial charge in [0.25, 0.3) is 0 Å². The molecule has 0 aliphatic rings. The van der Waals surface area contributed by atoms with Crippen LogP contribution >= 0.6 is 31.9 Å². The second-order valence-electron chi connectivity index (χ2n) is 5.24. The van der Waals surface area contributed by atoms with Gasteiger partial charge in [-0.3, -0.25) is 4.68 Å². The Morgan fingerprint density at radius 3 is 2.55 bits per heavy atom. The van der Waals surface area contributed by atoms with Crippen LogP contribution in [0.2, 0.25) is 0 Å². The lowest BCUT2D eigenvalue weighted by Crippen LogP contribution is -2.36. The molecule has 2 rings (SSSR count). The third kappa shape index (κ3) is 3.00. The molecule has 0 amide bonds. The smallest absolute Gasteiger partial charge is 0.0738 e. The van der Waals surface area contributed by atoms with E-state index in [2.05, 4.69) is 56.9 Å². The standard InChI is InChI=1S/C15H19Br2N3/c1-4-20-13(14(17)10(2)19-20)9-15(3,18)11-7-5-6-8-12(11)16/h5-8H,4,9,18H2,1-3H3. The zero-order valence-corrected chi connectivity index (χ0v) is 15.1. The summed E-state index contributed by atoms with van der Waals surface area (Å²) in [6.45, 7) is 7.00. The molecule has 1 aromatic heterocycles. The molecule has 0 spiro atoms. The van der Waals surface area contributed by atoms with Crippen LogP contribution in [0.1, 0.15) is 30.8 Å². The van der Waals surface area contributed by atoms with Gasteiger partial charge in [-0.05, 0) is 48.3 Å². The van der Waals surface area contributed by atoms with E-state index in [9.17, 15) is 0 Å². The fourth-order valence-electron chi connectivity index (χ4n) is 2.41. The highest BCUT2D eigenvalue weighted by molar-refractivity contribution is 9.10. The van der Waals surface area contributed by atoms with Crippen molar-refractivity contribution in [3.63, 3.8) is 0 Å². The third-order valence-corrected chi connectivity index (χ3v) is 5.20. The summed E-state index contributed by atoms with van der Waals surface area (Å²) in [6, 6.07) is 8.11. The van der Waals surface area contributed by atoms with Crippen LogP contribution in [0.5, 0.6) is 0 Å². The summed E-state index contributed by atoms with van der Waals surface area (Å²) in [5.74, 6) is 0. The van der Waals surface area contributed by atoms with Gasteiger partial charge < -0.3 is 5.73 Å². The summed E-state index contributed by atoms with van der Waals surface area (Å²) in [5, 5.41) is 4.53. The average molecular weight is 401 g/mol. The molecule has 1 atom stereocenters. The number of halogens is 2. The molecule has 1 heterocycles. The highest BCUT2D eigenvalue weighted by atomic mass is 79.9. The zero-order valence-electron chi connectivity index (χ0n) is 12.0. The number of hydrogen-bond acceptors (Lipinski definition) is 2. The van der Waals surface area contributed by atoms with Crippen molar-refractivity contribution in [2.24, 2.45) is 5.73 Å². The van der Waals surface area contributed by atoms with Gasteiger partial charge in [-0.25, -0.2) is 0 Å². The number of nitrogens with two attached hydrogens (primary N) is 1. The number of benzene rings is 1. The fraction of sp³-hybridized carbons (Fsp3) is 0.400. The van der Waals surface area contributed by atoms with E-state index in [0.29, 0.717) is 0 Å². The molecule has 0 aliphatic carbocycles. The number of aromatic nitrogens is 2. The summed E-state index contributed by atoms with van der Waals surface area (Å²) < 4.78 is 4.12. The van der Waals surface area contributed by atoms with Crippen LogP contribution in [0.3, 0.4) is 0 Å². The van der Waals surface area contributed by atoms with Crippen LogP contribution in [0, 0.1) is 6.92 Å². The minimum absolute atomic E-state index is 0.456. The topological polar surface area (TPSA) is 43.8 Å². The van der Waals surface area contributed by atoms with Crippen molar-refractivity contribution < 1.29 is 0 Å². The first-order valence-electron chi connectivity index (χ1n) is 6.62. The quantitative estimate of drug-likeness (QED) is 0.837. The van der Waals surface area contributed by atoms with Crippen LogP contribution in [0.4, 0.5) is 0 Å². The maximum atomic E-state index is 6.58. The maximum Gasteiger partial charge on any atom is 0.0738 e. The molecule has 1 aromatic carbocycles. The molecule has 20 heavy (non-hydrogen) atoms. The first-order chi connectivity index (χ1) is 9.36. The Morgan fingerprint density at radius 2 is 1.95 bits per heavy atom. The van der Waals surface area contributed by atoms with Crippen LogP contribution in [-0.2, 0) is 18.5 Å². The summed E-state index contributed by atoms with van der Waals surface area (Å²) in [4.78, 5) is 0. The molecular weight excluding hydrogens is 382 g/mol. The van der Waals surface area contributed by atoms with Gasteiger partial charge >= 0.3 is 0 Å². The minimum atomic E-state index is -0.456. The van der Waals surface area contributed by atoms with Gasteiger partial charge in [0.15, 0.2) is 0 Å². The van der Waals surface area contributed by atoms with Gasteiger partial charge in [0.1, 0.15) is 0 Å². The van der Waals surface area contributed by atoms with Gasteiger partial charge in [-0.2, -0.15) is 5.10 Å². The second kappa shape index (κ2) is 6.00. The van der Waals surface area contributed by atoms with Crippen molar-refractivity contribution in [1.29, 1.82) is 0 Å². The second-order valence-corrected chi connectivity index (χ2v) is 6.88. The van der Waals surface area contributed by atoms with E-state index < -0.39 is 5.54 Å². The molecule has 2 N–H and O–H groups in total. The first-order valence-corrected chi connectivity index (χ1v) is 8.21. The summed E-state index contributed by atoms with van der Waals surface area (Å²) in [6.07, 6.45) is 0.727. The molecule has 0 saturated heterocycles. The van der Waals surface area contributed by atoms with Gasteiger partial charge in [0.05, 0.1) is 15.9 Å². The fourth-order valence-corrected chi connectivity index (χ4v) is 3.57. The summed E-state index contributed by atoms with van der Waals surface area (Å²) >= 11 is 7.23. The molecule has 0 aliphatic heterocycles. The molecule has 1 unspecified atom stereocenters. The van der Waals surface area contributed by atoms with Crippen molar-refractivity contribution in [2.75, 3.05) is 0 Å². The molecule has 0 fully saturated rings. The molecule has 5 heteroatoms. The lowest BCUT2D eigenvalue weighted by atomic mass is 9.88. The molecular formula is C15H19Br2N3. The normalized spacial score (nSPS) is 14.3. The first kappa shape index (κ1) is 15.7. The Hall–Kier alpha value is -0.650. The molecule has 2 aromatic rings. The number of nitrogens with zero attached hydrogens (tertiary/aromatic N) is 2. The Kier molecular flexibility index (Phi) is 4.72. The van der Waals surface area contributed by atoms with Crippen LogP contribution in [-0.4, -0.2) is 9.78 Å². The number of rotatable bonds is 4. The minimum Gasteiger partial charge on any atom is -0.321 e. The Labute approximate surface area is 136 Å². The van der Waals surface area contributed by atoms with E-state index in [1.54, 1.807) is 0 Å². The lowest BCUT2D eigenvalue weighted by molar-refractivity contribution is 0.461. The third-order valence-electron chi connectivity index (χ3n) is 3.48. The molecule has 3 nitrogen and oxygen atoms in total. The molecule has 108 valence electrons. The van der Waals surface area contributed by atoms with E-state index in [-0.39, 0.29) is 0 Å². The zero-order chi connectivity index (χ0) is 14.9. The van der Waals surface area contributed by atoms with Crippen molar-refractivity contribution in [3.05, 3.63) is 50.2 Å². The largest absolute Gasteiger partial charge is 0.321 e. The molecule has 0 radical (unpaired) electrons. The average Bonchev–Trinajstić information content (AvgIpc) is 2.66. The van der Waals surface area contributed by atoms with Crippen LogP contribution in [0.25, 0.3) is 0 Å². The van der Waals surface area contributed by atoms with Crippen molar-refractivity contribution in [3.8, 4) is 0 Å². The Morgan fingerprint density at radius 1 is 1.30 bits per heavy atom. The maximum absolute atomic E-state index is 6.58. The highest BCUT2D eigenvalue weighted by Crippen LogP contribution is 2.32. The number of hydrogen-bond donors (Lipinski definition) is 1. The van der Waals surface area contributed by atoms with E-state index in [0.717, 1.165) is 38.9 Å². The van der Waals surface area contributed by atoms with Gasteiger partial charge in [0.2, 0.25) is 0 Å². The highest BCUT2D eigenvalue weighted by Gasteiger charge is 2.27. The predicted molar refractivity (Wildman–Crippen MR) is 89.7 cm³/mol. The summed E-state index contributed by atoms with van der Waals surface area (Å²) in [5.41, 5.74) is 9.38. The van der Waals surface area contributed by atoms with E-state index in [1.807, 2.05) is 29.8 Å².